The van der Waals surface area contributed by atoms with Crippen LogP contribution in [0, 0.1) is 0 Å². The molecule has 7 aromatic heterocycles. The number of phenolic OH excluding ortho intramolecular Hbond substituents is 14. The van der Waals surface area contributed by atoms with Crippen LogP contribution >= 0.6 is 0 Å². The number of hydrogen-bond acceptors (Lipinski definition) is 56. The summed E-state index contributed by atoms with van der Waals surface area (Å²) in [6.45, 7) is 1.13. The lowest BCUT2D eigenvalue weighted by molar-refractivity contribution is 0.403. The lowest BCUT2D eigenvalue weighted by Crippen LogP contribution is -2.20. The molecule has 0 atom stereocenters. The Morgan fingerprint density at radius 3 is 0.867 bits per heavy atom. The van der Waals surface area contributed by atoms with E-state index in [1.165, 1.54) is 84.9 Å². The third-order valence-electron chi connectivity index (χ3n) is 16.9. The van der Waals surface area contributed by atoms with Gasteiger partial charge in [0.05, 0.1) is 0 Å². The second kappa shape index (κ2) is 46.9. The smallest absolute Gasteiger partial charge is 0.236 e. The van der Waals surface area contributed by atoms with E-state index in [-0.39, 0.29) is 134 Å². The molecule has 0 bridgehead atoms. The van der Waals surface area contributed by atoms with Crippen molar-refractivity contribution >= 4 is 148 Å². The maximum Gasteiger partial charge on any atom is 0.236 e. The van der Waals surface area contributed by atoms with Crippen molar-refractivity contribution < 1.29 is 71.5 Å². The molecule has 7 heterocycles. The highest BCUT2D eigenvalue weighted by atomic mass is 16.3. The molecule has 14 rings (SSSR count). The quantitative estimate of drug-likeness (QED) is 0.0296. The number of rotatable bonds is 24. The van der Waals surface area contributed by atoms with Crippen LogP contribution in [-0.4, -0.2) is 268 Å². The first-order valence-corrected chi connectivity index (χ1v) is 39.1. The molecule has 135 heavy (non-hydrogen) atoms. The molecular formula is C79H102N42O14. The first kappa shape index (κ1) is 101. The Labute approximate surface area is 768 Å². The molecular weight excluding hydrogens is 1760 g/mol. The van der Waals surface area contributed by atoms with Gasteiger partial charge in [-0.15, -0.1) is 0 Å². The first-order valence-electron chi connectivity index (χ1n) is 39.1. The van der Waals surface area contributed by atoms with Crippen molar-refractivity contribution in [2.45, 2.75) is 19.6 Å². The SMILES string of the molecule is CN(C)c1nc(N)nc(Nc2ccc(O)c(O)c2)n1.CN(C)c1nc(Nc2ccc(O)c(O)c2)nc(N(C)C)n1.CN(Cc1ccc(O)c(O)c1)c1nc(N)nc(N)n1.CNc1nc(N)nc(N(C)c2ccc(O)c(O)c2)n1.CNc1nc(N)nc(NCc2ccc(O)c(O)c2)n1.CNc1nc(Nc2ccc(O)c(O)c2)nc(N(C)C)n1.Nc1nc(N)nc(NCc2ccc(O)c(O)c2)n1. The highest BCUT2D eigenvalue weighted by Crippen LogP contribution is 2.36. The minimum Gasteiger partial charge on any atom is -0.504 e. The average molecular weight is 1860 g/mol. The van der Waals surface area contributed by atoms with Crippen molar-refractivity contribution in [3.63, 3.8) is 0 Å². The first-order chi connectivity index (χ1) is 63.9. The van der Waals surface area contributed by atoms with Crippen molar-refractivity contribution in [1.29, 1.82) is 0 Å². The molecule has 0 spiro atoms. The number of nitrogens with zero attached hydrogens (tertiary/aromatic N) is 27. The summed E-state index contributed by atoms with van der Waals surface area (Å²) in [5.41, 5.74) is 43.0. The highest BCUT2D eigenvalue weighted by Gasteiger charge is 2.18. The van der Waals surface area contributed by atoms with Gasteiger partial charge in [-0.25, -0.2) is 0 Å². The minimum atomic E-state index is -0.236. The Morgan fingerprint density at radius 2 is 0.481 bits per heavy atom. The van der Waals surface area contributed by atoms with Crippen molar-refractivity contribution in [1.82, 2.24) is 105 Å². The van der Waals surface area contributed by atoms with E-state index < -0.39 is 0 Å². The molecule has 0 unspecified atom stereocenters. The lowest BCUT2D eigenvalue weighted by Gasteiger charge is -2.18. The van der Waals surface area contributed by atoms with Gasteiger partial charge in [-0.1, -0.05) is 18.2 Å². The summed E-state index contributed by atoms with van der Waals surface area (Å²) in [5.74, 6) is 2.95. The van der Waals surface area contributed by atoms with Gasteiger partial charge in [0, 0.05) is 158 Å². The van der Waals surface area contributed by atoms with E-state index in [1.54, 1.807) is 121 Å². The molecule has 0 saturated carbocycles. The maximum atomic E-state index is 9.50. The molecule has 712 valence electrons. The van der Waals surface area contributed by atoms with Crippen molar-refractivity contribution in [3.8, 4) is 80.5 Å². The number of phenols is 14. The molecule has 0 saturated heterocycles. The summed E-state index contributed by atoms with van der Waals surface area (Å²) >= 11 is 0. The number of nitrogen functional groups attached to an aromatic ring is 7. The van der Waals surface area contributed by atoms with Crippen LogP contribution in [0.25, 0.3) is 0 Å². The Kier molecular flexibility index (Phi) is 35.1. The van der Waals surface area contributed by atoms with Gasteiger partial charge in [0.15, 0.2) is 80.5 Å². The third-order valence-corrected chi connectivity index (χ3v) is 16.9. The Balaban J connectivity index is 0.000000194. The molecule has 36 N–H and O–H groups in total. The van der Waals surface area contributed by atoms with E-state index in [4.69, 9.17) is 45.2 Å². The molecule has 0 fully saturated rings. The normalized spacial score (nSPS) is 10.2. The largest absolute Gasteiger partial charge is 0.504 e. The van der Waals surface area contributed by atoms with Gasteiger partial charge in [-0.05, 0) is 102 Å². The predicted octanol–water partition coefficient (Wildman–Crippen LogP) is 4.30. The van der Waals surface area contributed by atoms with E-state index in [0.717, 1.165) is 16.7 Å². The maximum absolute atomic E-state index is 9.50. The van der Waals surface area contributed by atoms with Crippen molar-refractivity contribution in [3.05, 3.63) is 144 Å². The van der Waals surface area contributed by atoms with Gasteiger partial charge in [-0.3, -0.25) is 0 Å². The fourth-order valence-electron chi connectivity index (χ4n) is 10.2. The Hall–Kier alpha value is -19.4. The molecule has 0 aliphatic rings. The van der Waals surface area contributed by atoms with Crippen molar-refractivity contribution in [2.24, 2.45) is 0 Å². The van der Waals surface area contributed by atoms with Crippen LogP contribution in [0.4, 0.5) is 148 Å². The van der Waals surface area contributed by atoms with Crippen molar-refractivity contribution in [2.75, 3.05) is 204 Å². The van der Waals surface area contributed by atoms with Gasteiger partial charge in [0.2, 0.25) is 125 Å². The average Bonchev–Trinajstić information content (AvgIpc) is 0.894. The second-order valence-corrected chi connectivity index (χ2v) is 28.3. The van der Waals surface area contributed by atoms with E-state index in [2.05, 4.69) is 147 Å². The van der Waals surface area contributed by atoms with E-state index in [9.17, 15) is 66.4 Å². The van der Waals surface area contributed by atoms with Gasteiger partial charge in [0.25, 0.3) is 0 Å². The summed E-state index contributed by atoms with van der Waals surface area (Å²) in [5, 5.41) is 154. The number of nitrogens with two attached hydrogens (primary N) is 7. The zero-order valence-electron chi connectivity index (χ0n) is 74.6. The topological polar surface area (TPSA) is 852 Å². The Morgan fingerprint density at radius 1 is 0.230 bits per heavy atom. The standard InChI is InChI=1S/C13H18N6O2.C12H16N6O2.4C11H14N6O2.C10H12N6O2/c1-18(2)12-15-11(16-13(17-12)19(3)4)14-8-5-6-9(20)10(21)7-8;1-13-10-15-11(17-12(16-10)18(2)3)14-7-4-5-8(19)9(20)6-7;1-17(2)11-15-9(12)14-10(16-11)13-6-3-4-7(18)8(19)5-6;1-13-10-14-9(12)15-11(16-10)17(2)6-3-4-7(18)8(19)5-6;1-17(11-15-9(12)14-10(13)16-11)5-6-2-3-7(18)8(19)4-6;1-13-10-15-9(12)16-11(17-10)14-5-6-2-3-7(18)8(19)4-6;11-8-14-9(12)16-10(15-8)13-4-5-1-2-6(17)7(18)3-5/h5-7,20-21H,1-4H3,(H,14,15,16,17);4-6,19-20H,1-3H3,(H2,13,14,15,16,17);2*3-5,18-19H,1-2H3,(H3,12,13,14,15,16);2-4,18-19H,5H2,1H3,(H4,12,13,14,15,16);2-4,18-19H,5H2,1H3,(H4,12,13,14,15,16,17);1-3,17-18H,4H2,(H5,11,12,13,14,15,16). The van der Waals surface area contributed by atoms with Crippen LogP contribution in [0.5, 0.6) is 80.5 Å². The lowest BCUT2D eigenvalue weighted by atomic mass is 10.2. The van der Waals surface area contributed by atoms with E-state index in [0.29, 0.717) is 114 Å². The molecule has 0 aliphatic heterocycles. The molecule has 14 aromatic rings. The van der Waals surface area contributed by atoms with Gasteiger partial charge >= 0.3 is 0 Å². The predicted molar refractivity (Wildman–Crippen MR) is 509 cm³/mol. The van der Waals surface area contributed by atoms with Crippen LogP contribution in [0.2, 0.25) is 0 Å². The second-order valence-electron chi connectivity index (χ2n) is 28.3. The minimum absolute atomic E-state index is 0.0264. The molecule has 56 nitrogen and oxygen atoms in total. The summed E-state index contributed by atoms with van der Waals surface area (Å²) in [6.07, 6.45) is 0. The molecule has 0 radical (unpaired) electrons. The summed E-state index contributed by atoms with van der Waals surface area (Å²) in [7, 11) is 23.1. The monoisotopic (exact) mass is 1860 g/mol. The molecule has 0 aliphatic carbocycles. The third kappa shape index (κ3) is 31.3. The van der Waals surface area contributed by atoms with Gasteiger partial charge < -0.3 is 184 Å². The zero-order valence-corrected chi connectivity index (χ0v) is 74.6. The van der Waals surface area contributed by atoms with E-state index in [1.807, 2.05) is 42.3 Å². The van der Waals surface area contributed by atoms with Crippen LogP contribution in [0.3, 0.4) is 0 Å². The summed E-state index contributed by atoms with van der Waals surface area (Å²) in [6, 6.07) is 31.0. The van der Waals surface area contributed by atoms with Crippen LogP contribution in [0.15, 0.2) is 127 Å². The molecule has 7 aromatic carbocycles. The molecule has 56 heteroatoms. The van der Waals surface area contributed by atoms with Crippen LogP contribution in [0.1, 0.15) is 16.7 Å². The fraction of sp³-hybridized carbons (Fsp3) is 0.203. The number of benzene rings is 7. The van der Waals surface area contributed by atoms with Crippen LogP contribution < -0.4 is 112 Å². The Bertz CT molecular complexity index is 6280. The number of anilines is 25. The number of nitrogens with one attached hydrogen (secondary N) is 8. The number of aromatic hydroxyl groups is 14. The van der Waals surface area contributed by atoms with E-state index >= 15 is 0 Å². The van der Waals surface area contributed by atoms with Gasteiger partial charge in [0.1, 0.15) is 0 Å². The number of hydrogen-bond donors (Lipinski definition) is 29. The summed E-state index contributed by atoms with van der Waals surface area (Å²) < 4.78 is 0. The van der Waals surface area contributed by atoms with Crippen LogP contribution in [-0.2, 0) is 19.6 Å². The fourth-order valence-corrected chi connectivity index (χ4v) is 10.2. The highest BCUT2D eigenvalue weighted by molar-refractivity contribution is 5.66. The molecule has 0 amide bonds. The zero-order chi connectivity index (χ0) is 99.2. The number of aromatic nitrogens is 21. The summed E-state index contributed by atoms with van der Waals surface area (Å²) in [4.78, 5) is 94.6. The van der Waals surface area contributed by atoms with Gasteiger partial charge in [-0.2, -0.15) is 105 Å².